The highest BCUT2D eigenvalue weighted by Crippen LogP contribution is 2.22. The first-order valence-electron chi connectivity index (χ1n) is 8.15. The third-order valence-corrected chi connectivity index (χ3v) is 5.27. The van der Waals surface area contributed by atoms with Crippen LogP contribution in [0.1, 0.15) is 5.69 Å². The van der Waals surface area contributed by atoms with Gasteiger partial charge >= 0.3 is 0 Å². The molecule has 26 heavy (non-hydrogen) atoms. The van der Waals surface area contributed by atoms with E-state index in [1.54, 1.807) is 13.3 Å². The summed E-state index contributed by atoms with van der Waals surface area (Å²) in [6.07, 6.45) is 1.75. The molecule has 0 amide bonds. The molecule has 4 aromatic rings. The number of aromatic nitrogens is 3. The van der Waals surface area contributed by atoms with Crippen LogP contribution in [0.2, 0.25) is 0 Å². The lowest BCUT2D eigenvalue weighted by molar-refractivity contribution is 0.415. The third kappa shape index (κ3) is 3.36. The maximum atomic E-state index is 12.7. The first-order chi connectivity index (χ1) is 12.7. The molecule has 0 spiro atoms. The number of hydrogen-bond acceptors (Lipinski definition) is 4. The lowest BCUT2D eigenvalue weighted by Gasteiger charge is -2.04. The van der Waals surface area contributed by atoms with Crippen LogP contribution in [-0.2, 0) is 16.6 Å². The van der Waals surface area contributed by atoms with Crippen LogP contribution in [0.15, 0.2) is 72.0 Å². The van der Waals surface area contributed by atoms with Gasteiger partial charge in [0.1, 0.15) is 5.75 Å². The van der Waals surface area contributed by atoms with E-state index in [-0.39, 0.29) is 0 Å². The Morgan fingerprint density at radius 2 is 1.88 bits per heavy atom. The molecule has 0 aliphatic heterocycles. The summed E-state index contributed by atoms with van der Waals surface area (Å²) in [5.41, 5.74) is 4.50. The molecule has 1 atom stereocenters. The summed E-state index contributed by atoms with van der Waals surface area (Å²) < 4.78 is 17.9. The van der Waals surface area contributed by atoms with Crippen LogP contribution in [0.25, 0.3) is 22.2 Å². The largest absolute Gasteiger partial charge is 0.497 e. The van der Waals surface area contributed by atoms with E-state index in [0.717, 1.165) is 33.6 Å². The van der Waals surface area contributed by atoms with Gasteiger partial charge < -0.3 is 9.72 Å². The fourth-order valence-corrected chi connectivity index (χ4v) is 3.76. The second-order valence-corrected chi connectivity index (χ2v) is 7.18. The summed E-state index contributed by atoms with van der Waals surface area (Å²) in [4.78, 5) is 11.9. The number of benzene rings is 2. The number of methoxy groups -OCH3 is 1. The fraction of sp³-hybridized carbons (Fsp3) is 0.100. The van der Waals surface area contributed by atoms with Gasteiger partial charge in [-0.1, -0.05) is 30.3 Å². The van der Waals surface area contributed by atoms with Gasteiger partial charge in [0.25, 0.3) is 0 Å². The summed E-state index contributed by atoms with van der Waals surface area (Å²) in [5.74, 6) is 1.04. The van der Waals surface area contributed by atoms with Crippen molar-refractivity contribution < 1.29 is 8.95 Å². The molecule has 0 saturated heterocycles. The van der Waals surface area contributed by atoms with E-state index in [9.17, 15) is 4.21 Å². The minimum absolute atomic E-state index is 0.303. The molecule has 1 N–H and O–H groups in total. The van der Waals surface area contributed by atoms with Crippen molar-refractivity contribution in [2.75, 3.05) is 7.11 Å². The molecule has 5 nitrogen and oxygen atoms in total. The monoisotopic (exact) mass is 363 g/mol. The van der Waals surface area contributed by atoms with Gasteiger partial charge in [0, 0.05) is 12.3 Å². The van der Waals surface area contributed by atoms with Gasteiger partial charge in [-0.25, -0.2) is 4.98 Å². The molecule has 0 aliphatic carbocycles. The minimum atomic E-state index is -1.31. The Bertz CT molecular complexity index is 1080. The summed E-state index contributed by atoms with van der Waals surface area (Å²) in [5, 5.41) is 0.445. The van der Waals surface area contributed by atoms with Crippen LogP contribution in [0.4, 0.5) is 0 Å². The Morgan fingerprint density at radius 1 is 1.04 bits per heavy atom. The number of hydrogen-bond donors (Lipinski definition) is 1. The van der Waals surface area contributed by atoms with E-state index in [1.807, 2.05) is 60.7 Å². The smallest absolute Gasteiger partial charge is 0.197 e. The molecule has 2 aromatic carbocycles. The van der Waals surface area contributed by atoms with E-state index in [2.05, 4.69) is 15.0 Å². The molecule has 6 heteroatoms. The molecule has 0 aliphatic rings. The van der Waals surface area contributed by atoms with Gasteiger partial charge in [0.05, 0.1) is 40.4 Å². The lowest BCUT2D eigenvalue weighted by atomic mass is 10.1. The summed E-state index contributed by atoms with van der Waals surface area (Å²) in [7, 11) is 0.303. The minimum Gasteiger partial charge on any atom is -0.497 e. The first-order valence-corrected chi connectivity index (χ1v) is 9.47. The van der Waals surface area contributed by atoms with Crippen molar-refractivity contribution in [3.8, 4) is 16.9 Å². The number of H-pyrrole nitrogens is 1. The number of nitrogens with zero attached hydrogens (tertiary/aromatic N) is 2. The highest BCUT2D eigenvalue weighted by molar-refractivity contribution is 7.84. The van der Waals surface area contributed by atoms with Gasteiger partial charge in [-0.2, -0.15) is 0 Å². The Hall–Kier alpha value is -2.99. The topological polar surface area (TPSA) is 67.9 Å². The van der Waals surface area contributed by atoms with Crippen molar-refractivity contribution in [2.45, 2.75) is 10.9 Å². The van der Waals surface area contributed by atoms with E-state index >= 15 is 0 Å². The molecule has 0 bridgehead atoms. The average Bonchev–Trinajstić information content (AvgIpc) is 3.12. The average molecular weight is 363 g/mol. The van der Waals surface area contributed by atoms with Crippen LogP contribution in [0, 0.1) is 0 Å². The molecule has 0 fully saturated rings. The number of ether oxygens (including phenoxy) is 1. The van der Waals surface area contributed by atoms with E-state index in [4.69, 9.17) is 4.74 Å². The number of imidazole rings is 1. The van der Waals surface area contributed by atoms with Crippen LogP contribution in [0.5, 0.6) is 5.75 Å². The number of pyridine rings is 1. The Kier molecular flexibility index (Phi) is 4.50. The third-order valence-electron chi connectivity index (χ3n) is 4.09. The maximum absolute atomic E-state index is 12.7. The highest BCUT2D eigenvalue weighted by atomic mass is 32.2. The van der Waals surface area contributed by atoms with Gasteiger partial charge in [-0.15, -0.1) is 0 Å². The normalized spacial score (nSPS) is 12.2. The van der Waals surface area contributed by atoms with Crippen molar-refractivity contribution >= 4 is 21.8 Å². The van der Waals surface area contributed by atoms with Crippen LogP contribution in [-0.4, -0.2) is 26.3 Å². The second-order valence-electron chi connectivity index (χ2n) is 5.82. The predicted octanol–water partition coefficient (Wildman–Crippen LogP) is 3.94. The number of aromatic amines is 1. The molecule has 2 heterocycles. The lowest BCUT2D eigenvalue weighted by Crippen LogP contribution is -2.00. The van der Waals surface area contributed by atoms with Crippen LogP contribution in [0.3, 0.4) is 0 Å². The number of rotatable bonds is 5. The quantitative estimate of drug-likeness (QED) is 0.583. The summed E-state index contributed by atoms with van der Waals surface area (Å²) >= 11 is 0. The van der Waals surface area contributed by atoms with E-state index in [1.165, 1.54) is 0 Å². The van der Waals surface area contributed by atoms with Gasteiger partial charge in [0.2, 0.25) is 0 Å². The van der Waals surface area contributed by atoms with Gasteiger partial charge in [-0.05, 0) is 35.4 Å². The molecule has 4 rings (SSSR count). The van der Waals surface area contributed by atoms with Crippen molar-refractivity contribution in [1.82, 2.24) is 15.0 Å². The zero-order valence-electron chi connectivity index (χ0n) is 14.2. The zero-order chi connectivity index (χ0) is 17.9. The van der Waals surface area contributed by atoms with Crippen LogP contribution < -0.4 is 4.74 Å². The second kappa shape index (κ2) is 7.09. The van der Waals surface area contributed by atoms with Crippen molar-refractivity contribution in [3.63, 3.8) is 0 Å². The SMILES string of the molecule is COc1ccc2nc(S(=O)Cc3cc(-c4ccccc4)ccn3)[nH]c2c1. The van der Waals surface area contributed by atoms with Gasteiger partial charge in [-0.3, -0.25) is 9.19 Å². The maximum Gasteiger partial charge on any atom is 0.197 e. The van der Waals surface area contributed by atoms with E-state index in [0.29, 0.717) is 10.9 Å². The van der Waals surface area contributed by atoms with Crippen LogP contribution >= 0.6 is 0 Å². The number of nitrogens with one attached hydrogen (secondary N) is 1. The molecular formula is C20H17N3O2S. The zero-order valence-corrected chi connectivity index (χ0v) is 15.0. The first kappa shape index (κ1) is 16.5. The molecule has 0 saturated carbocycles. The van der Waals surface area contributed by atoms with Crippen molar-refractivity contribution in [2.24, 2.45) is 0 Å². The highest BCUT2D eigenvalue weighted by Gasteiger charge is 2.12. The van der Waals surface area contributed by atoms with Crippen molar-refractivity contribution in [3.05, 3.63) is 72.6 Å². The Morgan fingerprint density at radius 3 is 2.69 bits per heavy atom. The van der Waals surface area contributed by atoms with E-state index < -0.39 is 10.8 Å². The molecule has 2 aromatic heterocycles. The fourth-order valence-electron chi connectivity index (χ4n) is 2.77. The predicted molar refractivity (Wildman–Crippen MR) is 102 cm³/mol. The standard InChI is InChI=1S/C20H17N3O2S/c1-25-17-7-8-18-19(12-17)23-20(22-18)26(24)13-16-11-15(9-10-21-16)14-5-3-2-4-6-14/h2-12H,13H2,1H3,(H,22,23). The molecule has 130 valence electrons. The summed E-state index contributed by atoms with van der Waals surface area (Å²) in [6, 6.07) is 19.5. The van der Waals surface area contributed by atoms with Crippen molar-refractivity contribution in [1.29, 1.82) is 0 Å². The Labute approximate surface area is 153 Å². The summed E-state index contributed by atoms with van der Waals surface area (Å²) in [6.45, 7) is 0. The van der Waals surface area contributed by atoms with Gasteiger partial charge in [0.15, 0.2) is 5.16 Å². The molecule has 0 radical (unpaired) electrons. The molecule has 1 unspecified atom stereocenters. The molecular weight excluding hydrogens is 346 g/mol. The Balaban J connectivity index is 1.58. The number of fused-ring (bicyclic) bond motifs is 1.